The minimum absolute atomic E-state index is 0.314. The average molecular weight is 366 g/mol. The summed E-state index contributed by atoms with van der Waals surface area (Å²) in [6.45, 7) is 4.01. The monoisotopic (exact) mass is 366 g/mol. The first-order valence-electron chi connectivity index (χ1n) is 8.48. The first-order valence-corrected chi connectivity index (χ1v) is 8.48. The van der Waals surface area contributed by atoms with Crippen LogP contribution >= 0.6 is 0 Å². The smallest absolute Gasteiger partial charge is 0.337 e. The summed E-state index contributed by atoms with van der Waals surface area (Å²) in [5.74, 6) is -0.618. The van der Waals surface area contributed by atoms with E-state index in [2.05, 4.69) is 10.00 Å². The van der Waals surface area contributed by atoms with Crippen molar-refractivity contribution >= 4 is 5.91 Å². The Balaban J connectivity index is 2.03. The van der Waals surface area contributed by atoms with Crippen molar-refractivity contribution in [1.82, 2.24) is 19.6 Å². The minimum Gasteiger partial charge on any atom is -0.337 e. The Labute approximate surface area is 150 Å². The molecule has 26 heavy (non-hydrogen) atoms. The summed E-state index contributed by atoms with van der Waals surface area (Å²) >= 11 is 0. The molecule has 8 heteroatoms. The van der Waals surface area contributed by atoms with Crippen LogP contribution in [-0.2, 0) is 6.18 Å². The third-order valence-electron chi connectivity index (χ3n) is 4.62. The van der Waals surface area contributed by atoms with Gasteiger partial charge in [-0.05, 0) is 38.6 Å². The van der Waals surface area contributed by atoms with Crippen LogP contribution in [0.1, 0.15) is 28.0 Å². The van der Waals surface area contributed by atoms with Gasteiger partial charge >= 0.3 is 6.18 Å². The molecule has 5 nitrogen and oxygen atoms in total. The first-order chi connectivity index (χ1) is 12.3. The van der Waals surface area contributed by atoms with Crippen LogP contribution in [0.2, 0.25) is 0 Å². The number of carbonyl (C=O) groups is 1. The van der Waals surface area contributed by atoms with Crippen molar-refractivity contribution in [2.24, 2.45) is 0 Å². The van der Waals surface area contributed by atoms with Gasteiger partial charge in [-0.2, -0.15) is 18.3 Å². The van der Waals surface area contributed by atoms with Crippen molar-refractivity contribution < 1.29 is 18.0 Å². The third kappa shape index (κ3) is 3.60. The highest BCUT2D eigenvalue weighted by molar-refractivity contribution is 5.95. The standard InChI is InChI=1S/C18H21F3N4O/c1-13-6-3-4-7-15(13)25-16(18(19,20)21)14(12-22-25)17(26)24-9-5-8-23(2)10-11-24/h3-4,6-7,12H,5,8-11H2,1-2H3. The van der Waals surface area contributed by atoms with Crippen molar-refractivity contribution in [2.75, 3.05) is 33.2 Å². The lowest BCUT2D eigenvalue weighted by Gasteiger charge is -2.21. The molecule has 0 atom stereocenters. The molecule has 1 aromatic carbocycles. The molecule has 2 aromatic rings. The van der Waals surface area contributed by atoms with Crippen LogP contribution in [0.15, 0.2) is 30.5 Å². The molecule has 3 rings (SSSR count). The van der Waals surface area contributed by atoms with E-state index in [-0.39, 0.29) is 0 Å². The number of hydrogen-bond donors (Lipinski definition) is 0. The predicted octanol–water partition coefficient (Wildman–Crippen LogP) is 2.98. The maximum absolute atomic E-state index is 13.8. The summed E-state index contributed by atoms with van der Waals surface area (Å²) in [6, 6.07) is 6.67. The molecule has 0 spiro atoms. The molecule has 0 unspecified atom stereocenters. The van der Waals surface area contributed by atoms with Crippen LogP contribution in [0.5, 0.6) is 0 Å². The molecule has 2 heterocycles. The topological polar surface area (TPSA) is 41.4 Å². The fourth-order valence-corrected chi connectivity index (χ4v) is 3.18. The van der Waals surface area contributed by atoms with Gasteiger partial charge in [0.25, 0.3) is 5.91 Å². The highest BCUT2D eigenvalue weighted by Crippen LogP contribution is 2.34. The van der Waals surface area contributed by atoms with Crippen molar-refractivity contribution in [3.8, 4) is 5.69 Å². The van der Waals surface area contributed by atoms with E-state index in [4.69, 9.17) is 0 Å². The molecule has 1 aliphatic rings. The van der Waals surface area contributed by atoms with Gasteiger partial charge < -0.3 is 9.80 Å². The molecule has 0 aliphatic carbocycles. The van der Waals surface area contributed by atoms with Gasteiger partial charge in [0.1, 0.15) is 0 Å². The van der Waals surface area contributed by atoms with Crippen molar-refractivity contribution in [1.29, 1.82) is 0 Å². The molecule has 0 bridgehead atoms. The quantitative estimate of drug-likeness (QED) is 0.821. The Bertz CT molecular complexity index is 800. The van der Waals surface area contributed by atoms with Gasteiger partial charge in [0.05, 0.1) is 17.4 Å². The lowest BCUT2D eigenvalue weighted by atomic mass is 10.1. The van der Waals surface area contributed by atoms with Crippen LogP contribution in [0.3, 0.4) is 0 Å². The average Bonchev–Trinajstić information content (AvgIpc) is 2.91. The lowest BCUT2D eigenvalue weighted by molar-refractivity contribution is -0.143. The molecule has 1 aliphatic heterocycles. The lowest BCUT2D eigenvalue weighted by Crippen LogP contribution is -2.35. The molecular weight excluding hydrogens is 345 g/mol. The maximum atomic E-state index is 13.8. The van der Waals surface area contributed by atoms with Gasteiger partial charge in [-0.15, -0.1) is 0 Å². The summed E-state index contributed by atoms with van der Waals surface area (Å²) in [4.78, 5) is 16.4. The molecule has 1 saturated heterocycles. The van der Waals surface area contributed by atoms with Crippen molar-refractivity contribution in [2.45, 2.75) is 19.5 Å². The SMILES string of the molecule is Cc1ccccc1-n1ncc(C(=O)N2CCCN(C)CC2)c1C(F)(F)F. The summed E-state index contributed by atoms with van der Waals surface area (Å²) < 4.78 is 42.2. The Morgan fingerprint density at radius 1 is 1.12 bits per heavy atom. The normalized spacial score (nSPS) is 16.6. The number of benzene rings is 1. The van der Waals surface area contributed by atoms with E-state index in [1.165, 1.54) is 4.90 Å². The molecule has 140 valence electrons. The summed E-state index contributed by atoms with van der Waals surface area (Å²) in [5, 5.41) is 3.91. The fraction of sp³-hybridized carbons (Fsp3) is 0.444. The van der Waals surface area contributed by atoms with Crippen LogP contribution in [-0.4, -0.2) is 58.7 Å². The van der Waals surface area contributed by atoms with Crippen LogP contribution in [0.4, 0.5) is 13.2 Å². The number of aryl methyl sites for hydroxylation is 1. The van der Waals surface area contributed by atoms with Gasteiger partial charge in [-0.25, -0.2) is 4.68 Å². The van der Waals surface area contributed by atoms with Crippen molar-refractivity contribution in [3.63, 3.8) is 0 Å². The van der Waals surface area contributed by atoms with Gasteiger partial charge in [0.15, 0.2) is 5.69 Å². The number of nitrogens with zero attached hydrogens (tertiary/aromatic N) is 4. The number of rotatable bonds is 2. The van der Waals surface area contributed by atoms with Gasteiger partial charge in [-0.1, -0.05) is 18.2 Å². The number of halogens is 3. The van der Waals surface area contributed by atoms with Crippen LogP contribution in [0, 0.1) is 6.92 Å². The Morgan fingerprint density at radius 2 is 1.85 bits per heavy atom. The van der Waals surface area contributed by atoms with Crippen LogP contribution < -0.4 is 0 Å². The van der Waals surface area contributed by atoms with Gasteiger partial charge in [-0.3, -0.25) is 4.79 Å². The number of amides is 1. The number of hydrogen-bond acceptors (Lipinski definition) is 3. The van der Waals surface area contributed by atoms with Crippen LogP contribution in [0.25, 0.3) is 5.69 Å². The fourth-order valence-electron chi connectivity index (χ4n) is 3.18. The summed E-state index contributed by atoms with van der Waals surface area (Å²) in [7, 11) is 1.94. The van der Waals surface area contributed by atoms with E-state index in [1.54, 1.807) is 31.2 Å². The van der Waals surface area contributed by atoms with Crippen molar-refractivity contribution in [3.05, 3.63) is 47.3 Å². The van der Waals surface area contributed by atoms with E-state index >= 15 is 0 Å². The highest BCUT2D eigenvalue weighted by Gasteiger charge is 2.41. The van der Waals surface area contributed by atoms with E-state index in [0.717, 1.165) is 23.8 Å². The first kappa shape index (κ1) is 18.4. The Morgan fingerprint density at radius 3 is 2.54 bits per heavy atom. The molecule has 0 radical (unpaired) electrons. The largest absolute Gasteiger partial charge is 0.434 e. The number of alkyl halides is 3. The Hall–Kier alpha value is -2.35. The second kappa shape index (κ2) is 7.11. The number of para-hydroxylation sites is 1. The molecule has 1 aromatic heterocycles. The molecule has 1 fully saturated rings. The third-order valence-corrected chi connectivity index (χ3v) is 4.62. The zero-order valence-corrected chi connectivity index (χ0v) is 14.8. The van der Waals surface area contributed by atoms with Gasteiger partial charge in [0.2, 0.25) is 0 Å². The second-order valence-electron chi connectivity index (χ2n) is 6.55. The highest BCUT2D eigenvalue weighted by atomic mass is 19.4. The predicted molar refractivity (Wildman–Crippen MR) is 91.3 cm³/mol. The molecule has 0 N–H and O–H groups in total. The molecule has 0 saturated carbocycles. The van der Waals surface area contributed by atoms with Gasteiger partial charge in [0, 0.05) is 19.6 Å². The summed E-state index contributed by atoms with van der Waals surface area (Å²) in [6.07, 6.45) is -2.92. The summed E-state index contributed by atoms with van der Waals surface area (Å²) in [5.41, 5.74) is -0.453. The minimum atomic E-state index is -4.69. The Kier molecular flexibility index (Phi) is 5.04. The van der Waals surface area contributed by atoms with E-state index in [9.17, 15) is 18.0 Å². The zero-order chi connectivity index (χ0) is 18.9. The number of carbonyl (C=O) groups excluding carboxylic acids is 1. The molecule has 1 amide bonds. The number of aromatic nitrogens is 2. The second-order valence-corrected chi connectivity index (χ2v) is 6.55. The van der Waals surface area contributed by atoms with E-state index in [1.807, 2.05) is 7.05 Å². The molecular formula is C18H21F3N4O. The van der Waals surface area contributed by atoms with E-state index < -0.39 is 23.3 Å². The zero-order valence-electron chi connectivity index (χ0n) is 14.8. The maximum Gasteiger partial charge on any atom is 0.434 e. The number of likely N-dealkylation sites (N-methyl/N-ethyl adjacent to an activating group) is 1. The van der Waals surface area contributed by atoms with E-state index in [0.29, 0.717) is 30.9 Å².